The summed E-state index contributed by atoms with van der Waals surface area (Å²) < 4.78 is 16.1. The molecule has 0 amide bonds. The molecular formula is C8H19O3P. The van der Waals surface area contributed by atoms with Gasteiger partial charge >= 0.3 is 7.60 Å². The van der Waals surface area contributed by atoms with E-state index < -0.39 is 7.60 Å². The molecule has 4 heteroatoms. The summed E-state index contributed by atoms with van der Waals surface area (Å²) in [6, 6.07) is 0. The lowest BCUT2D eigenvalue weighted by Crippen LogP contribution is -2.02. The second-order valence-corrected chi connectivity index (χ2v) is 5.62. The quantitative estimate of drug-likeness (QED) is 0.522. The van der Waals surface area contributed by atoms with Crippen molar-refractivity contribution in [3.05, 3.63) is 0 Å². The van der Waals surface area contributed by atoms with Gasteiger partial charge in [-0.15, -0.1) is 0 Å². The average molecular weight is 194 g/mol. The molecule has 3 nitrogen and oxygen atoms in total. The van der Waals surface area contributed by atoms with Gasteiger partial charge in [0.1, 0.15) is 0 Å². The lowest BCUT2D eigenvalue weighted by molar-refractivity contribution is 0.248. The molecular weight excluding hydrogens is 175 g/mol. The van der Waals surface area contributed by atoms with E-state index >= 15 is 0 Å². The van der Waals surface area contributed by atoms with E-state index in [0.717, 1.165) is 19.3 Å². The van der Waals surface area contributed by atoms with E-state index in [1.165, 1.54) is 0 Å². The van der Waals surface area contributed by atoms with Crippen molar-refractivity contribution in [2.24, 2.45) is 0 Å². The summed E-state index contributed by atoms with van der Waals surface area (Å²) in [5.74, 6) is 0. The van der Waals surface area contributed by atoms with Crippen LogP contribution in [0.2, 0.25) is 0 Å². The number of rotatable bonds is 6. The maximum absolute atomic E-state index is 11.2. The molecule has 12 heavy (non-hydrogen) atoms. The lowest BCUT2D eigenvalue weighted by Gasteiger charge is -2.14. The summed E-state index contributed by atoms with van der Waals surface area (Å²) in [6.07, 6.45) is 3.02. The molecule has 0 saturated heterocycles. The monoisotopic (exact) mass is 194 g/mol. The first kappa shape index (κ1) is 12.2. The van der Waals surface area contributed by atoms with Crippen LogP contribution in [0.3, 0.4) is 0 Å². The summed E-state index contributed by atoms with van der Waals surface area (Å²) in [5, 5.41) is 0. The number of hydrogen-bond donors (Lipinski definition) is 1. The summed E-state index contributed by atoms with van der Waals surface area (Å²) in [4.78, 5) is 9.22. The topological polar surface area (TPSA) is 46.5 Å². The van der Waals surface area contributed by atoms with Gasteiger partial charge < -0.3 is 9.42 Å². The molecule has 0 saturated carbocycles. The molecule has 0 bridgehead atoms. The normalized spacial score (nSPS) is 16.4. The fourth-order valence-electron chi connectivity index (χ4n) is 0.696. The molecule has 74 valence electrons. The second-order valence-electron chi connectivity index (χ2n) is 3.20. The Hall–Kier alpha value is 0.150. The molecule has 0 aromatic rings. The summed E-state index contributed by atoms with van der Waals surface area (Å²) >= 11 is 0. The van der Waals surface area contributed by atoms with E-state index in [0.29, 0.717) is 6.61 Å². The third kappa shape index (κ3) is 4.91. The van der Waals surface area contributed by atoms with Crippen molar-refractivity contribution in [2.45, 2.75) is 45.7 Å². The van der Waals surface area contributed by atoms with Crippen LogP contribution in [-0.2, 0) is 9.09 Å². The minimum absolute atomic E-state index is 0.292. The van der Waals surface area contributed by atoms with E-state index in [9.17, 15) is 9.46 Å². The van der Waals surface area contributed by atoms with E-state index in [1.54, 1.807) is 13.8 Å². The van der Waals surface area contributed by atoms with E-state index in [1.807, 2.05) is 0 Å². The summed E-state index contributed by atoms with van der Waals surface area (Å²) in [6.45, 7) is 5.88. The van der Waals surface area contributed by atoms with E-state index in [4.69, 9.17) is 4.52 Å². The molecule has 0 spiro atoms. The predicted octanol–water partition coefficient (Wildman–Crippen LogP) is 2.79. The van der Waals surface area contributed by atoms with Gasteiger partial charge in [-0.05, 0) is 6.42 Å². The third-order valence-electron chi connectivity index (χ3n) is 1.68. The number of hydrogen-bond acceptors (Lipinski definition) is 2. The summed E-state index contributed by atoms with van der Waals surface area (Å²) in [5.41, 5.74) is -0.292. The van der Waals surface area contributed by atoms with Crippen molar-refractivity contribution >= 4 is 7.60 Å². The second kappa shape index (κ2) is 5.74. The van der Waals surface area contributed by atoms with Crippen LogP contribution in [0.5, 0.6) is 0 Å². The van der Waals surface area contributed by atoms with Crippen LogP contribution in [0.4, 0.5) is 0 Å². The Bertz CT molecular complexity index is 156. The molecule has 0 radical (unpaired) electrons. The van der Waals surface area contributed by atoms with Crippen LogP contribution in [0.25, 0.3) is 0 Å². The van der Waals surface area contributed by atoms with Gasteiger partial charge in [0.05, 0.1) is 12.3 Å². The average Bonchev–Trinajstić information content (AvgIpc) is 1.98. The highest BCUT2D eigenvalue weighted by Crippen LogP contribution is 2.46. The molecule has 0 fully saturated rings. The van der Waals surface area contributed by atoms with Gasteiger partial charge in [-0.1, -0.05) is 33.6 Å². The van der Waals surface area contributed by atoms with Crippen molar-refractivity contribution < 1.29 is 14.0 Å². The van der Waals surface area contributed by atoms with Gasteiger partial charge in [-0.25, -0.2) is 0 Å². The molecule has 1 unspecified atom stereocenters. The minimum Gasteiger partial charge on any atom is -0.324 e. The van der Waals surface area contributed by atoms with Crippen LogP contribution >= 0.6 is 7.60 Å². The van der Waals surface area contributed by atoms with Crippen molar-refractivity contribution in [3.8, 4) is 0 Å². The van der Waals surface area contributed by atoms with Gasteiger partial charge in [-0.3, -0.25) is 4.57 Å². The lowest BCUT2D eigenvalue weighted by atomic mass is 10.3. The SMILES string of the molecule is CCCCCOP(=O)(O)C(C)C. The maximum atomic E-state index is 11.2. The predicted molar refractivity (Wildman–Crippen MR) is 50.4 cm³/mol. The first-order valence-corrected chi connectivity index (χ1v) is 6.12. The minimum atomic E-state index is -3.30. The van der Waals surface area contributed by atoms with Crippen molar-refractivity contribution in [3.63, 3.8) is 0 Å². The van der Waals surface area contributed by atoms with Crippen LogP contribution in [0, 0.1) is 0 Å². The fourth-order valence-corrected chi connectivity index (χ4v) is 1.39. The molecule has 0 rings (SSSR count). The molecule has 0 aliphatic carbocycles. The van der Waals surface area contributed by atoms with Crippen molar-refractivity contribution in [2.75, 3.05) is 6.61 Å². The first-order chi connectivity index (χ1) is 5.50. The summed E-state index contributed by atoms with van der Waals surface area (Å²) in [7, 11) is -3.30. The first-order valence-electron chi connectivity index (χ1n) is 4.47. The van der Waals surface area contributed by atoms with E-state index in [2.05, 4.69) is 6.92 Å². The van der Waals surface area contributed by atoms with Crippen LogP contribution < -0.4 is 0 Å². The zero-order valence-corrected chi connectivity index (χ0v) is 9.01. The van der Waals surface area contributed by atoms with E-state index in [-0.39, 0.29) is 5.66 Å². The van der Waals surface area contributed by atoms with Crippen LogP contribution in [0.15, 0.2) is 0 Å². The van der Waals surface area contributed by atoms with Crippen LogP contribution in [-0.4, -0.2) is 17.2 Å². The molecule has 0 aliphatic heterocycles. The Morgan fingerprint density at radius 1 is 1.42 bits per heavy atom. The molecule has 1 N–H and O–H groups in total. The zero-order chi connectivity index (χ0) is 9.61. The molecule has 0 aromatic heterocycles. The van der Waals surface area contributed by atoms with Gasteiger partial charge in [0.15, 0.2) is 0 Å². The Morgan fingerprint density at radius 2 is 2.00 bits per heavy atom. The number of unbranched alkanes of at least 4 members (excludes halogenated alkanes) is 2. The highest BCUT2D eigenvalue weighted by atomic mass is 31.2. The van der Waals surface area contributed by atoms with Crippen molar-refractivity contribution in [1.29, 1.82) is 0 Å². The van der Waals surface area contributed by atoms with Crippen molar-refractivity contribution in [1.82, 2.24) is 0 Å². The largest absolute Gasteiger partial charge is 0.330 e. The Kier molecular flexibility index (Phi) is 5.81. The highest BCUT2D eigenvalue weighted by molar-refractivity contribution is 7.53. The Labute approximate surface area is 74.7 Å². The zero-order valence-electron chi connectivity index (χ0n) is 8.12. The molecule has 0 aliphatic rings. The standard InChI is InChI=1S/C8H19O3P/c1-4-5-6-7-11-12(9,10)8(2)3/h8H,4-7H2,1-3H3,(H,9,10). The third-order valence-corrected chi connectivity index (χ3v) is 3.53. The Balaban J connectivity index is 3.55. The Morgan fingerprint density at radius 3 is 2.42 bits per heavy atom. The maximum Gasteiger partial charge on any atom is 0.330 e. The molecule has 1 atom stereocenters. The fraction of sp³-hybridized carbons (Fsp3) is 1.00. The smallest absolute Gasteiger partial charge is 0.324 e. The highest BCUT2D eigenvalue weighted by Gasteiger charge is 2.23. The molecule has 0 aromatic carbocycles. The van der Waals surface area contributed by atoms with Gasteiger partial charge in [0, 0.05) is 0 Å². The van der Waals surface area contributed by atoms with Crippen LogP contribution in [0.1, 0.15) is 40.0 Å². The van der Waals surface area contributed by atoms with Gasteiger partial charge in [-0.2, -0.15) is 0 Å². The van der Waals surface area contributed by atoms with Gasteiger partial charge in [0.2, 0.25) is 0 Å². The van der Waals surface area contributed by atoms with Gasteiger partial charge in [0.25, 0.3) is 0 Å². The molecule has 0 heterocycles.